The van der Waals surface area contributed by atoms with E-state index in [9.17, 15) is 0 Å². The third-order valence-corrected chi connectivity index (χ3v) is 2.70. The Balaban J connectivity index is 2.40. The van der Waals surface area contributed by atoms with Crippen LogP contribution in [0.5, 0.6) is 0 Å². The summed E-state index contributed by atoms with van der Waals surface area (Å²) >= 11 is 0. The topological polar surface area (TPSA) is 21.6 Å². The molecule has 1 heterocycles. The highest BCUT2D eigenvalue weighted by Crippen LogP contribution is 2.18. The third-order valence-electron chi connectivity index (χ3n) is 2.70. The molecule has 0 aromatic heterocycles. The second-order valence-electron chi connectivity index (χ2n) is 3.55. The molecule has 74 valence electrons. The first kappa shape index (κ1) is 9.41. The van der Waals surface area contributed by atoms with Crippen LogP contribution in [0.3, 0.4) is 0 Å². The molecule has 0 aliphatic carbocycles. The van der Waals surface area contributed by atoms with Crippen LogP contribution in [0.2, 0.25) is 0 Å². The van der Waals surface area contributed by atoms with Crippen LogP contribution in [0.4, 0.5) is 0 Å². The number of nitrogens with zero attached hydrogens (tertiary/aromatic N) is 1. The van der Waals surface area contributed by atoms with Crippen molar-refractivity contribution in [3.63, 3.8) is 0 Å². The maximum Gasteiger partial charge on any atom is 0.0964 e. The van der Waals surface area contributed by atoms with E-state index >= 15 is 0 Å². The minimum atomic E-state index is 0.0939. The van der Waals surface area contributed by atoms with Gasteiger partial charge in [0.1, 0.15) is 0 Å². The van der Waals surface area contributed by atoms with Gasteiger partial charge in [0.05, 0.1) is 11.8 Å². The van der Waals surface area contributed by atoms with Gasteiger partial charge in [0, 0.05) is 19.2 Å². The first-order valence-electron chi connectivity index (χ1n) is 4.98. The van der Waals surface area contributed by atoms with Crippen molar-refractivity contribution in [3.8, 4) is 0 Å². The fourth-order valence-electron chi connectivity index (χ4n) is 1.83. The molecule has 1 atom stereocenters. The van der Waals surface area contributed by atoms with Crippen molar-refractivity contribution in [2.24, 2.45) is 4.99 Å². The number of hydrogen-bond acceptors (Lipinski definition) is 2. The lowest BCUT2D eigenvalue weighted by molar-refractivity contribution is 0.170. The van der Waals surface area contributed by atoms with Gasteiger partial charge < -0.3 is 4.74 Å². The molecule has 1 aliphatic rings. The molecule has 0 fully saturated rings. The summed E-state index contributed by atoms with van der Waals surface area (Å²) in [6.45, 7) is 2.93. The maximum atomic E-state index is 5.32. The summed E-state index contributed by atoms with van der Waals surface area (Å²) in [5.41, 5.74) is 3.74. The Morgan fingerprint density at radius 1 is 1.36 bits per heavy atom. The van der Waals surface area contributed by atoms with Crippen molar-refractivity contribution in [1.29, 1.82) is 0 Å². The fourth-order valence-corrected chi connectivity index (χ4v) is 1.83. The molecule has 14 heavy (non-hydrogen) atoms. The van der Waals surface area contributed by atoms with Crippen molar-refractivity contribution in [2.45, 2.75) is 19.4 Å². The van der Waals surface area contributed by atoms with E-state index in [0.29, 0.717) is 0 Å². The normalized spacial score (nSPS) is 17.1. The number of ether oxygens (including phenoxy) is 1. The van der Waals surface area contributed by atoms with Gasteiger partial charge in [-0.25, -0.2) is 0 Å². The molecule has 1 aliphatic heterocycles. The number of rotatable bonds is 2. The van der Waals surface area contributed by atoms with Crippen molar-refractivity contribution in [1.82, 2.24) is 0 Å². The number of aliphatic imine (C=N–C) groups is 1. The number of fused-ring (bicyclic) bond motifs is 1. The Kier molecular flexibility index (Phi) is 2.64. The lowest BCUT2D eigenvalue weighted by atomic mass is 9.95. The first-order valence-corrected chi connectivity index (χ1v) is 4.98. The molecule has 0 bridgehead atoms. The molecular weight excluding hydrogens is 174 g/mol. The van der Waals surface area contributed by atoms with Crippen molar-refractivity contribution < 1.29 is 4.74 Å². The summed E-state index contributed by atoms with van der Waals surface area (Å²) < 4.78 is 5.32. The van der Waals surface area contributed by atoms with Crippen LogP contribution >= 0.6 is 0 Å². The summed E-state index contributed by atoms with van der Waals surface area (Å²) in [5, 5.41) is 0. The van der Waals surface area contributed by atoms with Gasteiger partial charge in [-0.3, -0.25) is 4.99 Å². The Morgan fingerprint density at radius 3 is 2.93 bits per heavy atom. The third kappa shape index (κ3) is 1.58. The first-order chi connectivity index (χ1) is 6.83. The van der Waals surface area contributed by atoms with Gasteiger partial charge >= 0.3 is 0 Å². The molecule has 2 nitrogen and oxygen atoms in total. The van der Waals surface area contributed by atoms with Crippen molar-refractivity contribution in [3.05, 3.63) is 35.4 Å². The van der Waals surface area contributed by atoms with E-state index < -0.39 is 0 Å². The highest BCUT2D eigenvalue weighted by Gasteiger charge is 2.18. The summed E-state index contributed by atoms with van der Waals surface area (Å²) in [5.74, 6) is 0. The molecule has 2 heteroatoms. The summed E-state index contributed by atoms with van der Waals surface area (Å²) in [7, 11) is 1.73. The zero-order chi connectivity index (χ0) is 9.97. The quantitative estimate of drug-likeness (QED) is 0.698. The van der Waals surface area contributed by atoms with Gasteiger partial charge in [-0.05, 0) is 18.9 Å². The molecule has 1 aromatic rings. The molecule has 0 spiro atoms. The average Bonchev–Trinajstić information content (AvgIpc) is 2.27. The van der Waals surface area contributed by atoms with Crippen LogP contribution < -0.4 is 0 Å². The van der Waals surface area contributed by atoms with E-state index in [2.05, 4.69) is 29.3 Å². The van der Waals surface area contributed by atoms with Crippen LogP contribution in [0.25, 0.3) is 0 Å². The zero-order valence-electron chi connectivity index (χ0n) is 8.66. The Hall–Kier alpha value is -1.15. The van der Waals surface area contributed by atoms with Gasteiger partial charge in [0.2, 0.25) is 0 Å². The standard InChI is InChI=1S/C12H15NO/c1-9(14-2)12-11-6-4-3-5-10(11)7-8-13-12/h3-6,9H,7-8H2,1-2H3. The minimum absolute atomic E-state index is 0.0939. The Morgan fingerprint density at radius 2 is 2.14 bits per heavy atom. The minimum Gasteiger partial charge on any atom is -0.375 e. The number of methoxy groups -OCH3 is 1. The largest absolute Gasteiger partial charge is 0.375 e. The summed E-state index contributed by atoms with van der Waals surface area (Å²) in [6.07, 6.45) is 1.15. The SMILES string of the molecule is COC(C)C1=NCCc2ccccc21. The monoisotopic (exact) mass is 189 g/mol. The highest BCUT2D eigenvalue weighted by molar-refractivity contribution is 6.05. The molecule has 1 aromatic carbocycles. The highest BCUT2D eigenvalue weighted by atomic mass is 16.5. The predicted octanol–water partition coefficient (Wildman–Crippen LogP) is 2.07. The molecule has 1 unspecified atom stereocenters. The van der Waals surface area contributed by atoms with E-state index in [4.69, 9.17) is 4.74 Å². The second-order valence-corrected chi connectivity index (χ2v) is 3.55. The van der Waals surface area contributed by atoms with Crippen LogP contribution in [-0.2, 0) is 11.2 Å². The van der Waals surface area contributed by atoms with Crippen molar-refractivity contribution in [2.75, 3.05) is 13.7 Å². The van der Waals surface area contributed by atoms with Gasteiger partial charge in [0.15, 0.2) is 0 Å². The van der Waals surface area contributed by atoms with Gasteiger partial charge in [0.25, 0.3) is 0 Å². The van der Waals surface area contributed by atoms with Crippen LogP contribution in [0.15, 0.2) is 29.3 Å². The molecule has 0 saturated heterocycles. The summed E-state index contributed by atoms with van der Waals surface area (Å²) in [4.78, 5) is 4.53. The van der Waals surface area contributed by atoms with E-state index in [1.165, 1.54) is 11.1 Å². The van der Waals surface area contributed by atoms with E-state index in [1.54, 1.807) is 7.11 Å². The van der Waals surface area contributed by atoms with Crippen LogP contribution in [-0.4, -0.2) is 25.5 Å². The lowest BCUT2D eigenvalue weighted by Crippen LogP contribution is -2.25. The molecule has 2 rings (SSSR count). The molecule has 0 saturated carbocycles. The smallest absolute Gasteiger partial charge is 0.0964 e. The van der Waals surface area contributed by atoms with Gasteiger partial charge in [-0.2, -0.15) is 0 Å². The molecule has 0 amide bonds. The lowest BCUT2D eigenvalue weighted by Gasteiger charge is -2.20. The number of hydrogen-bond donors (Lipinski definition) is 0. The van der Waals surface area contributed by atoms with E-state index in [-0.39, 0.29) is 6.10 Å². The fraction of sp³-hybridized carbons (Fsp3) is 0.417. The van der Waals surface area contributed by atoms with Crippen LogP contribution in [0.1, 0.15) is 18.1 Å². The molecular formula is C12H15NO. The molecule has 0 radical (unpaired) electrons. The Bertz CT molecular complexity index is 357. The summed E-state index contributed by atoms with van der Waals surface area (Å²) in [6, 6.07) is 8.44. The second kappa shape index (κ2) is 3.93. The van der Waals surface area contributed by atoms with E-state index in [1.807, 2.05) is 6.92 Å². The van der Waals surface area contributed by atoms with E-state index in [0.717, 1.165) is 18.7 Å². The van der Waals surface area contributed by atoms with Gasteiger partial charge in [-0.15, -0.1) is 0 Å². The predicted molar refractivity (Wildman–Crippen MR) is 58.0 cm³/mol. The maximum absolute atomic E-state index is 5.32. The zero-order valence-corrected chi connectivity index (χ0v) is 8.66. The van der Waals surface area contributed by atoms with Gasteiger partial charge in [-0.1, -0.05) is 24.3 Å². The molecule has 0 N–H and O–H groups in total. The number of benzene rings is 1. The van der Waals surface area contributed by atoms with Crippen molar-refractivity contribution >= 4 is 5.71 Å². The Labute approximate surface area is 84.6 Å². The average molecular weight is 189 g/mol. The van der Waals surface area contributed by atoms with Crippen LogP contribution in [0, 0.1) is 0 Å².